The van der Waals surface area contributed by atoms with Crippen LogP contribution in [0.5, 0.6) is 23.0 Å². The van der Waals surface area contributed by atoms with Gasteiger partial charge in [0, 0.05) is 11.6 Å². The highest BCUT2D eigenvalue weighted by Gasteiger charge is 2.23. The molecule has 27 heavy (non-hydrogen) atoms. The fraction of sp³-hybridized carbons (Fsp3) is 0.118. The molecule has 0 amide bonds. The smallest absolute Gasteiger partial charge is 0.263 e. The zero-order valence-electron chi connectivity index (χ0n) is 13.8. The van der Waals surface area contributed by atoms with Gasteiger partial charge in [-0.15, -0.1) is 0 Å². The lowest BCUT2D eigenvalue weighted by atomic mass is 10.1. The summed E-state index contributed by atoms with van der Waals surface area (Å²) in [6.45, 7) is 0.231. The summed E-state index contributed by atoms with van der Waals surface area (Å²) in [5.74, 6) is 2.38. The number of hydrogen-bond acceptors (Lipinski definition) is 7. The number of nitrogens with one attached hydrogen (secondary N) is 2. The third-order valence-corrected chi connectivity index (χ3v) is 5.56. The highest BCUT2D eigenvalue weighted by atomic mass is 32.2. The highest BCUT2D eigenvalue weighted by molar-refractivity contribution is 7.92. The first-order valence-corrected chi connectivity index (χ1v) is 9.44. The number of aromatic nitrogens is 2. The first-order chi connectivity index (χ1) is 13.1. The van der Waals surface area contributed by atoms with Crippen molar-refractivity contribution in [3.8, 4) is 34.1 Å². The van der Waals surface area contributed by atoms with Gasteiger partial charge >= 0.3 is 0 Å². The molecular weight excluding hydrogens is 374 g/mol. The van der Waals surface area contributed by atoms with E-state index in [-0.39, 0.29) is 24.3 Å². The predicted octanol–water partition coefficient (Wildman–Crippen LogP) is 2.33. The number of sulfonamides is 1. The quantitative estimate of drug-likeness (QED) is 0.707. The molecule has 0 unspecified atom stereocenters. The molecule has 0 radical (unpaired) electrons. The molecule has 2 aliphatic rings. The molecule has 10 heteroatoms. The van der Waals surface area contributed by atoms with Crippen molar-refractivity contribution >= 4 is 15.8 Å². The van der Waals surface area contributed by atoms with Gasteiger partial charge in [-0.05, 0) is 29.8 Å². The van der Waals surface area contributed by atoms with E-state index in [2.05, 4.69) is 14.9 Å². The van der Waals surface area contributed by atoms with Crippen molar-refractivity contribution in [2.24, 2.45) is 0 Å². The zero-order chi connectivity index (χ0) is 18.4. The van der Waals surface area contributed by atoms with Crippen LogP contribution in [0.15, 0.2) is 47.5 Å². The average molecular weight is 387 g/mol. The first kappa shape index (κ1) is 15.8. The lowest BCUT2D eigenvalue weighted by Crippen LogP contribution is -2.13. The first-order valence-electron chi connectivity index (χ1n) is 7.96. The number of ether oxygens (including phenoxy) is 4. The summed E-state index contributed by atoms with van der Waals surface area (Å²) in [7, 11) is -3.86. The molecule has 0 fully saturated rings. The monoisotopic (exact) mass is 387 g/mol. The number of rotatable bonds is 4. The molecule has 3 heterocycles. The van der Waals surface area contributed by atoms with E-state index >= 15 is 0 Å². The molecule has 0 saturated heterocycles. The van der Waals surface area contributed by atoms with Crippen LogP contribution in [0.4, 0.5) is 5.82 Å². The Kier molecular flexibility index (Phi) is 3.41. The Morgan fingerprint density at radius 2 is 1.56 bits per heavy atom. The van der Waals surface area contributed by atoms with Gasteiger partial charge in [0.2, 0.25) is 13.6 Å². The van der Waals surface area contributed by atoms with E-state index in [1.807, 2.05) is 0 Å². The normalized spacial score (nSPS) is 14.4. The van der Waals surface area contributed by atoms with Crippen molar-refractivity contribution < 1.29 is 27.4 Å². The number of fused-ring (bicyclic) bond motifs is 2. The van der Waals surface area contributed by atoms with Crippen LogP contribution in [-0.4, -0.2) is 32.2 Å². The maximum absolute atomic E-state index is 12.8. The molecule has 0 bridgehead atoms. The van der Waals surface area contributed by atoms with E-state index in [1.165, 1.54) is 18.3 Å². The maximum Gasteiger partial charge on any atom is 0.263 e. The van der Waals surface area contributed by atoms with Gasteiger partial charge in [-0.3, -0.25) is 9.82 Å². The van der Waals surface area contributed by atoms with E-state index in [0.29, 0.717) is 28.6 Å². The fourth-order valence-corrected chi connectivity index (χ4v) is 3.94. The minimum atomic E-state index is -3.86. The standard InChI is InChI=1S/C17H13N3O6S/c21-27(22,11-2-4-14-16(6-11)26-9-24-14)20-17-12(7-18-19-17)10-1-3-13-15(5-10)25-8-23-13/h1-7H,8-9H2,(H2,18,19,20). The van der Waals surface area contributed by atoms with E-state index in [0.717, 1.165) is 5.56 Å². The van der Waals surface area contributed by atoms with Gasteiger partial charge in [-0.25, -0.2) is 8.42 Å². The van der Waals surface area contributed by atoms with Crippen molar-refractivity contribution in [1.29, 1.82) is 0 Å². The minimum absolute atomic E-state index is 0.0537. The van der Waals surface area contributed by atoms with Crippen LogP contribution in [-0.2, 0) is 10.0 Å². The molecule has 1 aromatic heterocycles. The number of aromatic amines is 1. The molecule has 9 nitrogen and oxygen atoms in total. The van der Waals surface area contributed by atoms with Crippen LogP contribution in [0.2, 0.25) is 0 Å². The number of nitrogens with zero attached hydrogens (tertiary/aromatic N) is 1. The Morgan fingerprint density at radius 3 is 2.33 bits per heavy atom. The van der Waals surface area contributed by atoms with Crippen LogP contribution in [0.25, 0.3) is 11.1 Å². The molecule has 138 valence electrons. The van der Waals surface area contributed by atoms with E-state index in [1.54, 1.807) is 24.3 Å². The Labute approximate surface area is 153 Å². The topological polar surface area (TPSA) is 112 Å². The van der Waals surface area contributed by atoms with Crippen LogP contribution < -0.4 is 23.7 Å². The minimum Gasteiger partial charge on any atom is -0.454 e. The van der Waals surface area contributed by atoms with Gasteiger partial charge < -0.3 is 18.9 Å². The average Bonchev–Trinajstić information content (AvgIpc) is 3.40. The molecular formula is C17H13N3O6S. The molecule has 0 spiro atoms. The van der Waals surface area contributed by atoms with Crippen molar-refractivity contribution in [1.82, 2.24) is 10.2 Å². The third-order valence-electron chi connectivity index (χ3n) is 4.21. The molecule has 2 aliphatic heterocycles. The summed E-state index contributed by atoms with van der Waals surface area (Å²) in [6.07, 6.45) is 1.54. The predicted molar refractivity (Wildman–Crippen MR) is 93.5 cm³/mol. The number of benzene rings is 2. The second kappa shape index (κ2) is 5.81. The largest absolute Gasteiger partial charge is 0.454 e. The maximum atomic E-state index is 12.8. The highest BCUT2D eigenvalue weighted by Crippen LogP contribution is 2.38. The van der Waals surface area contributed by atoms with Crippen LogP contribution in [0.1, 0.15) is 0 Å². The fourth-order valence-electron chi connectivity index (χ4n) is 2.88. The summed E-state index contributed by atoms with van der Waals surface area (Å²) in [4.78, 5) is 0.0537. The van der Waals surface area contributed by atoms with Gasteiger partial charge in [-0.2, -0.15) is 5.10 Å². The SMILES string of the molecule is O=S(=O)(Nc1[nH]ncc1-c1ccc2c(c1)OCO2)c1ccc2c(c1)OCO2. The molecule has 2 N–H and O–H groups in total. The summed E-state index contributed by atoms with van der Waals surface area (Å²) >= 11 is 0. The molecule has 3 aromatic rings. The second-order valence-corrected chi connectivity index (χ2v) is 7.53. The Morgan fingerprint density at radius 1 is 0.889 bits per heavy atom. The van der Waals surface area contributed by atoms with Crippen molar-refractivity contribution in [2.45, 2.75) is 4.90 Å². The van der Waals surface area contributed by atoms with Crippen molar-refractivity contribution in [3.05, 3.63) is 42.6 Å². The molecule has 2 aromatic carbocycles. The molecule has 0 aliphatic carbocycles. The van der Waals surface area contributed by atoms with Crippen LogP contribution in [0, 0.1) is 0 Å². The number of hydrogen-bond donors (Lipinski definition) is 2. The van der Waals surface area contributed by atoms with Crippen molar-refractivity contribution in [3.63, 3.8) is 0 Å². The van der Waals surface area contributed by atoms with E-state index in [4.69, 9.17) is 18.9 Å². The second-order valence-electron chi connectivity index (χ2n) is 5.85. The van der Waals surface area contributed by atoms with E-state index < -0.39 is 10.0 Å². The molecule has 0 saturated carbocycles. The van der Waals surface area contributed by atoms with Gasteiger partial charge in [0.25, 0.3) is 10.0 Å². The van der Waals surface area contributed by atoms with Gasteiger partial charge in [0.15, 0.2) is 23.0 Å². The van der Waals surface area contributed by atoms with Gasteiger partial charge in [0.1, 0.15) is 5.82 Å². The number of H-pyrrole nitrogens is 1. The lowest BCUT2D eigenvalue weighted by Gasteiger charge is -2.09. The Bertz CT molecular complexity index is 1140. The summed E-state index contributed by atoms with van der Waals surface area (Å²) in [5.41, 5.74) is 1.31. The van der Waals surface area contributed by atoms with Gasteiger partial charge in [0.05, 0.1) is 11.1 Å². The molecule has 5 rings (SSSR count). The zero-order valence-corrected chi connectivity index (χ0v) is 14.6. The van der Waals surface area contributed by atoms with Gasteiger partial charge in [-0.1, -0.05) is 6.07 Å². The van der Waals surface area contributed by atoms with Crippen LogP contribution >= 0.6 is 0 Å². The summed E-state index contributed by atoms with van der Waals surface area (Å²) in [5, 5.41) is 6.64. The van der Waals surface area contributed by atoms with Crippen molar-refractivity contribution in [2.75, 3.05) is 18.3 Å². The summed E-state index contributed by atoms with van der Waals surface area (Å²) in [6, 6.07) is 9.76. The molecule has 0 atom stereocenters. The Balaban J connectivity index is 1.47. The Hall–Kier alpha value is -3.40. The lowest BCUT2D eigenvalue weighted by molar-refractivity contribution is 0.173. The summed E-state index contributed by atoms with van der Waals surface area (Å²) < 4.78 is 49.2. The number of anilines is 1. The van der Waals surface area contributed by atoms with E-state index in [9.17, 15) is 8.42 Å². The third kappa shape index (κ3) is 2.70. The van der Waals surface area contributed by atoms with Crippen LogP contribution in [0.3, 0.4) is 0 Å².